The molecule has 33 heavy (non-hydrogen) atoms. The summed E-state index contributed by atoms with van der Waals surface area (Å²) in [4.78, 5) is 23.5. The summed E-state index contributed by atoms with van der Waals surface area (Å²) in [5.41, 5.74) is 0.650. The Bertz CT molecular complexity index is 780. The van der Waals surface area contributed by atoms with Crippen LogP contribution in [0.3, 0.4) is 0 Å². The molecular formula is C23H38IN5O4. The van der Waals surface area contributed by atoms with Crippen LogP contribution in [-0.4, -0.2) is 105 Å². The van der Waals surface area contributed by atoms with Crippen molar-refractivity contribution in [2.24, 2.45) is 4.99 Å². The van der Waals surface area contributed by atoms with Gasteiger partial charge < -0.3 is 29.7 Å². The van der Waals surface area contributed by atoms with Crippen molar-refractivity contribution in [1.82, 2.24) is 20.0 Å². The molecule has 2 aliphatic rings. The summed E-state index contributed by atoms with van der Waals surface area (Å²) < 4.78 is 10.7. The summed E-state index contributed by atoms with van der Waals surface area (Å²) in [6.45, 7) is 8.48. The first-order chi connectivity index (χ1) is 15.5. The molecule has 2 aliphatic heterocycles. The number of aliphatic hydroxyl groups is 1. The lowest BCUT2D eigenvalue weighted by Gasteiger charge is -2.36. The topological polar surface area (TPSA) is 89.9 Å². The number of amides is 1. The molecule has 0 saturated carbocycles. The Labute approximate surface area is 214 Å². The average molecular weight is 575 g/mol. The standard InChI is InChI=1S/C23H37N5O4.HI/c1-4-24-23(25-16-20(29)19-15-18(31-2)7-8-21(19)32-3)28-13-11-26(12-14-28)17-22(30)27-9-5-6-10-27;/h7-8,15,20,29H,4-6,9-14,16-17H2,1-3H3,(H,24,25);1H. The maximum atomic E-state index is 12.4. The minimum atomic E-state index is -0.812. The van der Waals surface area contributed by atoms with Crippen LogP contribution < -0.4 is 14.8 Å². The van der Waals surface area contributed by atoms with Gasteiger partial charge in [-0.15, -0.1) is 24.0 Å². The van der Waals surface area contributed by atoms with Crippen molar-refractivity contribution in [3.05, 3.63) is 23.8 Å². The molecule has 2 N–H and O–H groups in total. The molecule has 1 aromatic rings. The van der Waals surface area contributed by atoms with Gasteiger partial charge in [0.25, 0.3) is 0 Å². The number of methoxy groups -OCH3 is 2. The molecule has 2 heterocycles. The SMILES string of the molecule is CCNC(=NCC(O)c1cc(OC)ccc1OC)N1CCN(CC(=O)N2CCCC2)CC1.I. The van der Waals surface area contributed by atoms with Gasteiger partial charge in [-0.1, -0.05) is 0 Å². The van der Waals surface area contributed by atoms with Gasteiger partial charge in [0.2, 0.25) is 5.91 Å². The van der Waals surface area contributed by atoms with E-state index in [4.69, 9.17) is 9.47 Å². The fourth-order valence-corrected chi connectivity index (χ4v) is 4.17. The molecule has 10 heteroatoms. The molecule has 0 radical (unpaired) electrons. The van der Waals surface area contributed by atoms with Crippen LogP contribution in [0.5, 0.6) is 11.5 Å². The Kier molecular flexibility index (Phi) is 11.5. The Hall–Kier alpha value is -1.79. The zero-order chi connectivity index (χ0) is 22.9. The molecule has 3 rings (SSSR count). The van der Waals surface area contributed by atoms with E-state index in [9.17, 15) is 9.90 Å². The first kappa shape index (κ1) is 27.5. The van der Waals surface area contributed by atoms with Crippen LogP contribution in [-0.2, 0) is 4.79 Å². The molecule has 186 valence electrons. The largest absolute Gasteiger partial charge is 0.497 e. The predicted molar refractivity (Wildman–Crippen MR) is 140 cm³/mol. The molecule has 1 aromatic carbocycles. The number of hydrogen-bond donors (Lipinski definition) is 2. The summed E-state index contributed by atoms with van der Waals surface area (Å²) >= 11 is 0. The molecule has 2 fully saturated rings. The van der Waals surface area contributed by atoms with E-state index in [2.05, 4.69) is 20.1 Å². The molecule has 9 nitrogen and oxygen atoms in total. The number of carbonyl (C=O) groups excluding carboxylic acids is 1. The van der Waals surface area contributed by atoms with E-state index in [-0.39, 0.29) is 36.4 Å². The van der Waals surface area contributed by atoms with E-state index in [1.807, 2.05) is 11.8 Å². The van der Waals surface area contributed by atoms with Crippen LogP contribution in [0, 0.1) is 0 Å². The molecular weight excluding hydrogens is 537 g/mol. The van der Waals surface area contributed by atoms with E-state index >= 15 is 0 Å². The number of carbonyl (C=O) groups is 1. The molecule has 1 amide bonds. The first-order valence-corrected chi connectivity index (χ1v) is 11.5. The summed E-state index contributed by atoms with van der Waals surface area (Å²) in [5.74, 6) is 2.29. The van der Waals surface area contributed by atoms with Gasteiger partial charge in [-0.2, -0.15) is 0 Å². The number of rotatable bonds is 8. The number of aliphatic imine (C=N–C) groups is 1. The minimum absolute atomic E-state index is 0. The highest BCUT2D eigenvalue weighted by Gasteiger charge is 2.25. The quantitative estimate of drug-likeness (QED) is 0.277. The second kappa shape index (κ2) is 13.8. The van der Waals surface area contributed by atoms with E-state index in [0.717, 1.165) is 64.6 Å². The second-order valence-corrected chi connectivity index (χ2v) is 8.17. The van der Waals surface area contributed by atoms with Crippen molar-refractivity contribution < 1.29 is 19.4 Å². The maximum Gasteiger partial charge on any atom is 0.236 e. The number of guanidine groups is 1. The Morgan fingerprint density at radius 3 is 2.39 bits per heavy atom. The summed E-state index contributed by atoms with van der Waals surface area (Å²) in [7, 11) is 3.18. The summed E-state index contributed by atoms with van der Waals surface area (Å²) in [6, 6.07) is 5.37. The van der Waals surface area contributed by atoms with Crippen molar-refractivity contribution in [2.45, 2.75) is 25.9 Å². The number of halogens is 1. The van der Waals surface area contributed by atoms with Crippen molar-refractivity contribution in [3.63, 3.8) is 0 Å². The average Bonchev–Trinajstić information content (AvgIpc) is 3.37. The van der Waals surface area contributed by atoms with Crippen molar-refractivity contribution in [1.29, 1.82) is 0 Å². The van der Waals surface area contributed by atoms with Gasteiger partial charge in [-0.25, -0.2) is 0 Å². The van der Waals surface area contributed by atoms with Crippen molar-refractivity contribution in [2.75, 3.05) is 73.1 Å². The summed E-state index contributed by atoms with van der Waals surface area (Å²) in [5, 5.41) is 14.1. The van der Waals surface area contributed by atoms with Crippen LogP contribution >= 0.6 is 24.0 Å². The van der Waals surface area contributed by atoms with Crippen LogP contribution in [0.4, 0.5) is 0 Å². The lowest BCUT2D eigenvalue weighted by Crippen LogP contribution is -2.54. The molecule has 0 bridgehead atoms. The Morgan fingerprint density at radius 1 is 1.09 bits per heavy atom. The highest BCUT2D eigenvalue weighted by atomic mass is 127. The monoisotopic (exact) mass is 575 g/mol. The third-order valence-electron chi connectivity index (χ3n) is 6.03. The smallest absolute Gasteiger partial charge is 0.236 e. The van der Waals surface area contributed by atoms with Crippen LogP contribution in [0.15, 0.2) is 23.2 Å². The molecule has 1 atom stereocenters. The van der Waals surface area contributed by atoms with E-state index in [0.29, 0.717) is 23.6 Å². The van der Waals surface area contributed by atoms with Gasteiger partial charge in [0.15, 0.2) is 5.96 Å². The zero-order valence-corrected chi connectivity index (χ0v) is 22.3. The number of ether oxygens (including phenoxy) is 2. The van der Waals surface area contributed by atoms with Crippen molar-refractivity contribution >= 4 is 35.8 Å². The molecule has 2 saturated heterocycles. The second-order valence-electron chi connectivity index (χ2n) is 8.17. The number of benzene rings is 1. The number of nitrogens with one attached hydrogen (secondary N) is 1. The Balaban J connectivity index is 0.00000385. The van der Waals surface area contributed by atoms with Gasteiger partial charge >= 0.3 is 0 Å². The van der Waals surface area contributed by atoms with Gasteiger partial charge in [0.05, 0.1) is 27.3 Å². The maximum absolute atomic E-state index is 12.4. The normalized spacial score (nSPS) is 18.0. The van der Waals surface area contributed by atoms with Gasteiger partial charge in [0, 0.05) is 51.4 Å². The van der Waals surface area contributed by atoms with Gasteiger partial charge in [0.1, 0.15) is 17.6 Å². The fourth-order valence-electron chi connectivity index (χ4n) is 4.17. The number of hydrogen-bond acceptors (Lipinski definition) is 6. The van der Waals surface area contributed by atoms with E-state index in [1.165, 1.54) is 0 Å². The number of aliphatic hydroxyl groups excluding tert-OH is 1. The van der Waals surface area contributed by atoms with E-state index in [1.54, 1.807) is 32.4 Å². The predicted octanol–water partition coefficient (Wildman–Crippen LogP) is 1.56. The van der Waals surface area contributed by atoms with Crippen LogP contribution in [0.25, 0.3) is 0 Å². The van der Waals surface area contributed by atoms with Crippen LogP contribution in [0.1, 0.15) is 31.4 Å². The minimum Gasteiger partial charge on any atom is -0.497 e. The molecule has 1 unspecified atom stereocenters. The number of likely N-dealkylation sites (tertiary alicyclic amines) is 1. The Morgan fingerprint density at radius 2 is 1.79 bits per heavy atom. The van der Waals surface area contributed by atoms with Gasteiger partial charge in [-0.3, -0.25) is 14.7 Å². The fraction of sp³-hybridized carbons (Fsp3) is 0.652. The summed E-state index contributed by atoms with van der Waals surface area (Å²) in [6.07, 6.45) is 1.43. The van der Waals surface area contributed by atoms with E-state index < -0.39 is 6.10 Å². The van der Waals surface area contributed by atoms with Crippen LogP contribution in [0.2, 0.25) is 0 Å². The third kappa shape index (κ3) is 7.61. The zero-order valence-electron chi connectivity index (χ0n) is 20.0. The highest BCUT2D eigenvalue weighted by Crippen LogP contribution is 2.29. The number of nitrogens with zero attached hydrogens (tertiary/aromatic N) is 4. The highest BCUT2D eigenvalue weighted by molar-refractivity contribution is 14.0. The molecule has 0 aromatic heterocycles. The molecule has 0 spiro atoms. The van der Waals surface area contributed by atoms with Crippen molar-refractivity contribution in [3.8, 4) is 11.5 Å². The lowest BCUT2D eigenvalue weighted by molar-refractivity contribution is -0.131. The number of piperazine rings is 1. The molecule has 0 aliphatic carbocycles. The third-order valence-corrected chi connectivity index (χ3v) is 6.03. The van der Waals surface area contributed by atoms with Gasteiger partial charge in [-0.05, 0) is 38.0 Å². The first-order valence-electron chi connectivity index (χ1n) is 11.5. The lowest BCUT2D eigenvalue weighted by atomic mass is 10.1.